The van der Waals surface area contributed by atoms with Crippen LogP contribution in [0.5, 0.6) is 0 Å². The third-order valence-electron chi connectivity index (χ3n) is 4.18. The van der Waals surface area contributed by atoms with Gasteiger partial charge in [-0.15, -0.1) is 0 Å². The highest BCUT2D eigenvalue weighted by Crippen LogP contribution is 2.31. The van der Waals surface area contributed by atoms with Gasteiger partial charge in [-0.2, -0.15) is 4.31 Å². The predicted molar refractivity (Wildman–Crippen MR) is 90.1 cm³/mol. The molecule has 2 aromatic carbocycles. The molecule has 132 valence electrons. The number of ether oxygens (including phenoxy) is 1. The number of carbonyl (C=O) groups is 1. The number of fused-ring (bicyclic) bond motifs is 1. The van der Waals surface area contributed by atoms with Crippen molar-refractivity contribution in [1.82, 2.24) is 4.31 Å². The molecule has 0 saturated heterocycles. The minimum absolute atomic E-state index is 0.0211. The quantitative estimate of drug-likeness (QED) is 0.764. The SMILES string of the molecule is COC(=O)[C@@H]1Cc2ccccc2CN1S(=O)(=O)c1ccc(F)c(Cl)c1. The summed E-state index contributed by atoms with van der Waals surface area (Å²) in [6.07, 6.45) is 0.205. The first-order chi connectivity index (χ1) is 11.8. The molecule has 0 aromatic heterocycles. The van der Waals surface area contributed by atoms with Gasteiger partial charge in [-0.1, -0.05) is 35.9 Å². The molecule has 1 aliphatic heterocycles. The average Bonchev–Trinajstić information content (AvgIpc) is 2.62. The van der Waals surface area contributed by atoms with Gasteiger partial charge in [0.15, 0.2) is 0 Å². The zero-order chi connectivity index (χ0) is 18.2. The molecule has 0 unspecified atom stereocenters. The van der Waals surface area contributed by atoms with Crippen molar-refractivity contribution in [2.24, 2.45) is 0 Å². The summed E-state index contributed by atoms with van der Waals surface area (Å²) in [7, 11) is -2.86. The Hall–Kier alpha value is -1.96. The van der Waals surface area contributed by atoms with Crippen LogP contribution in [0.2, 0.25) is 5.02 Å². The van der Waals surface area contributed by atoms with Crippen LogP contribution in [0.15, 0.2) is 47.4 Å². The first-order valence-electron chi connectivity index (χ1n) is 7.46. The standard InChI is InChI=1S/C17H15ClFNO4S/c1-24-17(21)16-8-11-4-2-3-5-12(11)10-20(16)25(22,23)13-6-7-15(19)14(18)9-13/h2-7,9,16H,8,10H2,1H3/t16-/m0/s1. The number of sulfonamides is 1. The van der Waals surface area contributed by atoms with Crippen LogP contribution in [-0.4, -0.2) is 31.8 Å². The number of hydrogen-bond donors (Lipinski definition) is 0. The number of methoxy groups -OCH3 is 1. The fourth-order valence-corrected chi connectivity index (χ4v) is 4.69. The maximum atomic E-state index is 13.4. The monoisotopic (exact) mass is 383 g/mol. The Morgan fingerprint density at radius 2 is 1.92 bits per heavy atom. The molecule has 3 rings (SSSR count). The van der Waals surface area contributed by atoms with Gasteiger partial charge in [0.2, 0.25) is 10.0 Å². The minimum atomic E-state index is -4.07. The third-order valence-corrected chi connectivity index (χ3v) is 6.32. The Labute approximate surface area is 150 Å². The van der Waals surface area contributed by atoms with E-state index in [1.807, 2.05) is 18.2 Å². The molecule has 0 aliphatic carbocycles. The largest absolute Gasteiger partial charge is 0.468 e. The van der Waals surface area contributed by atoms with Gasteiger partial charge in [-0.25, -0.2) is 12.8 Å². The second-order valence-corrected chi connectivity index (χ2v) is 7.94. The van der Waals surface area contributed by atoms with Gasteiger partial charge in [0.1, 0.15) is 11.9 Å². The Kier molecular flexibility index (Phi) is 4.81. The zero-order valence-electron chi connectivity index (χ0n) is 13.3. The van der Waals surface area contributed by atoms with E-state index in [1.165, 1.54) is 7.11 Å². The van der Waals surface area contributed by atoms with Crippen molar-refractivity contribution < 1.29 is 22.3 Å². The average molecular weight is 384 g/mol. The van der Waals surface area contributed by atoms with Crippen LogP contribution in [0.4, 0.5) is 4.39 Å². The van der Waals surface area contributed by atoms with Crippen molar-refractivity contribution in [3.05, 3.63) is 64.4 Å². The molecule has 0 spiro atoms. The highest BCUT2D eigenvalue weighted by Gasteiger charge is 2.40. The molecular weight excluding hydrogens is 369 g/mol. The van der Waals surface area contributed by atoms with Crippen molar-refractivity contribution in [3.63, 3.8) is 0 Å². The van der Waals surface area contributed by atoms with Crippen molar-refractivity contribution in [1.29, 1.82) is 0 Å². The van der Waals surface area contributed by atoms with Gasteiger partial charge in [0.25, 0.3) is 0 Å². The zero-order valence-corrected chi connectivity index (χ0v) is 14.8. The summed E-state index contributed by atoms with van der Waals surface area (Å²) in [4.78, 5) is 12.0. The van der Waals surface area contributed by atoms with E-state index in [2.05, 4.69) is 0 Å². The van der Waals surface area contributed by atoms with Gasteiger partial charge in [-0.3, -0.25) is 4.79 Å². The van der Waals surface area contributed by atoms with Crippen LogP contribution in [0.3, 0.4) is 0 Å². The van der Waals surface area contributed by atoms with E-state index in [1.54, 1.807) is 6.07 Å². The lowest BCUT2D eigenvalue weighted by Gasteiger charge is -2.34. The predicted octanol–water partition coefficient (Wildman–Crippen LogP) is 2.77. The molecule has 0 N–H and O–H groups in total. The summed E-state index contributed by atoms with van der Waals surface area (Å²) in [6.45, 7) is 0.0211. The summed E-state index contributed by atoms with van der Waals surface area (Å²) in [5.41, 5.74) is 1.70. The lowest BCUT2D eigenvalue weighted by Crippen LogP contribution is -2.49. The van der Waals surface area contributed by atoms with E-state index in [4.69, 9.17) is 16.3 Å². The van der Waals surface area contributed by atoms with E-state index in [0.29, 0.717) is 0 Å². The maximum absolute atomic E-state index is 13.4. The highest BCUT2D eigenvalue weighted by molar-refractivity contribution is 7.89. The number of carbonyl (C=O) groups excluding carboxylic acids is 1. The smallest absolute Gasteiger partial charge is 0.324 e. The molecule has 1 heterocycles. The van der Waals surface area contributed by atoms with E-state index in [0.717, 1.165) is 33.6 Å². The first kappa shape index (κ1) is 17.8. The summed E-state index contributed by atoms with van der Waals surface area (Å²) < 4.78 is 45.3. The lowest BCUT2D eigenvalue weighted by atomic mass is 9.96. The molecule has 5 nitrogen and oxygen atoms in total. The van der Waals surface area contributed by atoms with E-state index >= 15 is 0 Å². The van der Waals surface area contributed by atoms with Crippen molar-refractivity contribution in [3.8, 4) is 0 Å². The molecule has 0 amide bonds. The Morgan fingerprint density at radius 3 is 2.56 bits per heavy atom. The molecule has 8 heteroatoms. The number of benzene rings is 2. The van der Waals surface area contributed by atoms with Gasteiger partial charge in [0, 0.05) is 13.0 Å². The van der Waals surface area contributed by atoms with Gasteiger partial charge >= 0.3 is 5.97 Å². The van der Waals surface area contributed by atoms with Crippen LogP contribution in [0.25, 0.3) is 0 Å². The Morgan fingerprint density at radius 1 is 1.24 bits per heavy atom. The summed E-state index contributed by atoms with van der Waals surface area (Å²) >= 11 is 5.72. The molecule has 25 heavy (non-hydrogen) atoms. The number of rotatable bonds is 3. The van der Waals surface area contributed by atoms with Crippen molar-refractivity contribution in [2.75, 3.05) is 7.11 Å². The maximum Gasteiger partial charge on any atom is 0.324 e. The Balaban J connectivity index is 2.08. The second-order valence-electron chi connectivity index (χ2n) is 5.64. The second kappa shape index (κ2) is 6.74. The summed E-state index contributed by atoms with van der Waals surface area (Å²) in [5, 5.41) is -0.298. The third kappa shape index (κ3) is 3.27. The molecular formula is C17H15ClFNO4S. The topological polar surface area (TPSA) is 63.7 Å². The van der Waals surface area contributed by atoms with Crippen molar-refractivity contribution >= 4 is 27.6 Å². The van der Waals surface area contributed by atoms with E-state index in [-0.39, 0.29) is 22.9 Å². The Bertz CT molecular complexity index is 932. The molecule has 0 fully saturated rings. The lowest BCUT2D eigenvalue weighted by molar-refractivity contribution is -0.145. The highest BCUT2D eigenvalue weighted by atomic mass is 35.5. The van der Waals surface area contributed by atoms with Crippen LogP contribution in [0, 0.1) is 5.82 Å². The fraction of sp³-hybridized carbons (Fsp3) is 0.235. The molecule has 1 aliphatic rings. The summed E-state index contributed by atoms with van der Waals surface area (Å²) in [5.74, 6) is -1.36. The molecule has 0 saturated carbocycles. The van der Waals surface area contributed by atoms with Gasteiger partial charge < -0.3 is 4.74 Å². The minimum Gasteiger partial charge on any atom is -0.468 e. The molecule has 2 aromatic rings. The van der Waals surface area contributed by atoms with Crippen LogP contribution in [-0.2, 0) is 32.5 Å². The normalized spacial score (nSPS) is 17.8. The number of nitrogens with zero attached hydrogens (tertiary/aromatic N) is 1. The van der Waals surface area contributed by atoms with E-state index < -0.39 is 27.9 Å². The number of hydrogen-bond acceptors (Lipinski definition) is 4. The van der Waals surface area contributed by atoms with E-state index in [9.17, 15) is 17.6 Å². The van der Waals surface area contributed by atoms with Crippen LogP contribution in [0.1, 0.15) is 11.1 Å². The van der Waals surface area contributed by atoms with Crippen LogP contribution < -0.4 is 0 Å². The van der Waals surface area contributed by atoms with Crippen molar-refractivity contribution in [2.45, 2.75) is 23.9 Å². The number of esters is 1. The first-order valence-corrected chi connectivity index (χ1v) is 9.28. The molecule has 0 radical (unpaired) electrons. The summed E-state index contributed by atoms with van der Waals surface area (Å²) in [6, 6.07) is 9.46. The van der Waals surface area contributed by atoms with Crippen LogP contribution >= 0.6 is 11.6 Å². The van der Waals surface area contributed by atoms with Gasteiger partial charge in [-0.05, 0) is 29.3 Å². The van der Waals surface area contributed by atoms with Gasteiger partial charge in [0.05, 0.1) is 17.0 Å². The molecule has 0 bridgehead atoms. The molecule has 1 atom stereocenters. The fourth-order valence-electron chi connectivity index (χ4n) is 2.86. The number of halogens is 2.